The molecule has 2 N–H and O–H groups in total. The van der Waals surface area contributed by atoms with Gasteiger partial charge in [-0.25, -0.2) is 8.42 Å². The van der Waals surface area contributed by atoms with Crippen LogP contribution in [0.2, 0.25) is 0 Å². The molecule has 0 fully saturated rings. The number of sulfone groups is 1. The molecule has 0 aliphatic carbocycles. The van der Waals surface area contributed by atoms with Gasteiger partial charge in [-0.3, -0.25) is 0 Å². The predicted octanol–water partition coefficient (Wildman–Crippen LogP) is 2.40. The fourth-order valence-corrected chi connectivity index (χ4v) is 3.31. The second kappa shape index (κ2) is 6.58. The van der Waals surface area contributed by atoms with Gasteiger partial charge in [-0.2, -0.15) is 0 Å². The van der Waals surface area contributed by atoms with Crippen LogP contribution in [0.3, 0.4) is 0 Å². The third-order valence-corrected chi connectivity index (χ3v) is 4.58. The SMILES string of the molecule is Cc1cccc(CS(=O)(=O)c2nnc([C@@H](N)CC(C)C)o2)c1. The van der Waals surface area contributed by atoms with Crippen molar-refractivity contribution in [1.82, 2.24) is 10.2 Å². The van der Waals surface area contributed by atoms with Crippen LogP contribution >= 0.6 is 0 Å². The second-order valence-corrected chi connectivity index (χ2v) is 7.76. The highest BCUT2D eigenvalue weighted by Crippen LogP contribution is 2.21. The molecule has 120 valence electrons. The molecule has 22 heavy (non-hydrogen) atoms. The van der Waals surface area contributed by atoms with Crippen molar-refractivity contribution >= 4 is 9.84 Å². The molecule has 0 unspecified atom stereocenters. The molecule has 1 aromatic carbocycles. The van der Waals surface area contributed by atoms with Gasteiger partial charge in [0, 0.05) is 0 Å². The van der Waals surface area contributed by atoms with Crippen molar-refractivity contribution in [3.63, 3.8) is 0 Å². The van der Waals surface area contributed by atoms with Crippen molar-refractivity contribution in [3.05, 3.63) is 41.3 Å². The molecule has 0 saturated heterocycles. The van der Waals surface area contributed by atoms with Gasteiger partial charge in [-0.05, 0) is 24.8 Å². The van der Waals surface area contributed by atoms with Crippen molar-refractivity contribution in [2.45, 2.75) is 44.2 Å². The molecular weight excluding hydrogens is 302 g/mol. The van der Waals surface area contributed by atoms with Gasteiger partial charge in [0.25, 0.3) is 0 Å². The van der Waals surface area contributed by atoms with E-state index in [0.29, 0.717) is 17.9 Å². The summed E-state index contributed by atoms with van der Waals surface area (Å²) in [6.07, 6.45) is 0.652. The van der Waals surface area contributed by atoms with E-state index in [0.717, 1.165) is 5.56 Å². The Morgan fingerprint density at radius 2 is 2.00 bits per heavy atom. The van der Waals surface area contributed by atoms with Crippen molar-refractivity contribution in [2.75, 3.05) is 0 Å². The smallest absolute Gasteiger partial charge is 0.335 e. The topological polar surface area (TPSA) is 99.1 Å². The van der Waals surface area contributed by atoms with Crippen molar-refractivity contribution in [1.29, 1.82) is 0 Å². The second-order valence-electron chi connectivity index (χ2n) is 5.89. The van der Waals surface area contributed by atoms with Crippen molar-refractivity contribution < 1.29 is 12.8 Å². The zero-order valence-electron chi connectivity index (χ0n) is 13.0. The summed E-state index contributed by atoms with van der Waals surface area (Å²) in [6, 6.07) is 6.85. The van der Waals surface area contributed by atoms with Gasteiger partial charge in [0.1, 0.15) is 0 Å². The maximum absolute atomic E-state index is 12.3. The lowest BCUT2D eigenvalue weighted by Gasteiger charge is -2.08. The molecule has 0 amide bonds. The Balaban J connectivity index is 2.18. The van der Waals surface area contributed by atoms with E-state index in [1.807, 2.05) is 39.0 Å². The summed E-state index contributed by atoms with van der Waals surface area (Å²) in [5, 5.41) is 7.05. The van der Waals surface area contributed by atoms with Gasteiger partial charge in [-0.1, -0.05) is 48.8 Å². The van der Waals surface area contributed by atoms with Crippen LogP contribution in [0.4, 0.5) is 0 Å². The van der Waals surface area contributed by atoms with E-state index in [-0.39, 0.29) is 16.9 Å². The molecular formula is C15H21N3O3S. The number of hydrogen-bond acceptors (Lipinski definition) is 6. The van der Waals surface area contributed by atoms with Crippen LogP contribution in [0.25, 0.3) is 0 Å². The Hall–Kier alpha value is -1.73. The summed E-state index contributed by atoms with van der Waals surface area (Å²) >= 11 is 0. The lowest BCUT2D eigenvalue weighted by Crippen LogP contribution is -2.13. The number of hydrogen-bond donors (Lipinski definition) is 1. The summed E-state index contributed by atoms with van der Waals surface area (Å²) in [5.74, 6) is 0.348. The first kappa shape index (κ1) is 16.6. The van der Waals surface area contributed by atoms with E-state index in [1.165, 1.54) is 0 Å². The van der Waals surface area contributed by atoms with Crippen LogP contribution in [0, 0.1) is 12.8 Å². The number of benzene rings is 1. The van der Waals surface area contributed by atoms with Gasteiger partial charge in [-0.15, -0.1) is 5.10 Å². The summed E-state index contributed by atoms with van der Waals surface area (Å²) in [6.45, 7) is 5.95. The van der Waals surface area contributed by atoms with Crippen LogP contribution in [0.15, 0.2) is 33.9 Å². The molecule has 6 nitrogen and oxygen atoms in total. The average molecular weight is 323 g/mol. The fourth-order valence-electron chi connectivity index (χ4n) is 2.19. The maximum atomic E-state index is 12.3. The Labute approximate surface area is 130 Å². The zero-order chi connectivity index (χ0) is 16.3. The van der Waals surface area contributed by atoms with Crippen LogP contribution in [0.5, 0.6) is 0 Å². The number of nitrogens with two attached hydrogens (primary N) is 1. The molecule has 1 aromatic heterocycles. The van der Waals surface area contributed by atoms with Crippen LogP contribution < -0.4 is 5.73 Å². The van der Waals surface area contributed by atoms with Crippen LogP contribution in [-0.2, 0) is 15.6 Å². The molecule has 0 radical (unpaired) electrons. The first-order valence-electron chi connectivity index (χ1n) is 7.15. The Kier molecular flexibility index (Phi) is 4.97. The van der Waals surface area contributed by atoms with Gasteiger partial charge >= 0.3 is 5.22 Å². The molecule has 0 aliphatic heterocycles. The van der Waals surface area contributed by atoms with Crippen molar-refractivity contribution in [3.8, 4) is 0 Å². The molecule has 7 heteroatoms. The number of aromatic nitrogens is 2. The molecule has 1 heterocycles. The summed E-state index contributed by atoms with van der Waals surface area (Å²) in [5.41, 5.74) is 7.62. The minimum absolute atomic E-state index is 0.163. The molecule has 0 saturated carbocycles. The third kappa shape index (κ3) is 4.14. The number of rotatable bonds is 6. The van der Waals surface area contributed by atoms with Gasteiger partial charge in [0.05, 0.1) is 11.8 Å². The average Bonchev–Trinajstić information content (AvgIpc) is 2.87. The van der Waals surface area contributed by atoms with Crippen molar-refractivity contribution in [2.24, 2.45) is 11.7 Å². The van der Waals surface area contributed by atoms with Crippen LogP contribution in [0.1, 0.15) is 43.3 Å². The summed E-state index contributed by atoms with van der Waals surface area (Å²) in [7, 11) is -3.67. The minimum atomic E-state index is -3.67. The lowest BCUT2D eigenvalue weighted by atomic mass is 10.1. The Morgan fingerprint density at radius 3 is 2.64 bits per heavy atom. The quantitative estimate of drug-likeness (QED) is 0.876. The highest BCUT2D eigenvalue weighted by atomic mass is 32.2. The first-order chi connectivity index (χ1) is 10.3. The number of aryl methyl sites for hydroxylation is 1. The molecule has 2 aromatic rings. The largest absolute Gasteiger partial charge is 0.411 e. The van der Waals surface area contributed by atoms with Crippen LogP contribution in [-0.4, -0.2) is 18.6 Å². The predicted molar refractivity (Wildman–Crippen MR) is 82.8 cm³/mol. The third-order valence-electron chi connectivity index (χ3n) is 3.17. The Bertz CT molecular complexity index is 738. The maximum Gasteiger partial charge on any atom is 0.335 e. The van der Waals surface area contributed by atoms with E-state index >= 15 is 0 Å². The normalized spacial score (nSPS) is 13.5. The highest BCUT2D eigenvalue weighted by molar-refractivity contribution is 7.90. The standard InChI is InChI=1S/C15H21N3O3S/c1-10(2)7-13(16)14-17-18-15(21-14)22(19,20)9-12-6-4-5-11(3)8-12/h4-6,8,10,13H,7,9,16H2,1-3H3/t13-/m0/s1. The first-order valence-corrected chi connectivity index (χ1v) is 8.80. The van der Waals surface area contributed by atoms with E-state index < -0.39 is 15.9 Å². The van der Waals surface area contributed by atoms with Gasteiger partial charge in [0.15, 0.2) is 0 Å². The zero-order valence-corrected chi connectivity index (χ0v) is 13.8. The minimum Gasteiger partial charge on any atom is -0.411 e. The lowest BCUT2D eigenvalue weighted by molar-refractivity contribution is 0.352. The Morgan fingerprint density at radius 1 is 1.27 bits per heavy atom. The molecule has 2 rings (SSSR count). The van der Waals surface area contributed by atoms with E-state index in [1.54, 1.807) is 6.07 Å². The summed E-state index contributed by atoms with van der Waals surface area (Å²) in [4.78, 5) is 0. The monoisotopic (exact) mass is 323 g/mol. The van der Waals surface area contributed by atoms with E-state index in [9.17, 15) is 8.42 Å². The van der Waals surface area contributed by atoms with E-state index in [4.69, 9.17) is 10.2 Å². The highest BCUT2D eigenvalue weighted by Gasteiger charge is 2.25. The molecule has 0 bridgehead atoms. The molecule has 0 spiro atoms. The van der Waals surface area contributed by atoms with E-state index in [2.05, 4.69) is 10.2 Å². The number of nitrogens with zero attached hydrogens (tertiary/aromatic N) is 2. The van der Waals surface area contributed by atoms with Gasteiger partial charge < -0.3 is 10.2 Å². The molecule has 0 aliphatic rings. The fraction of sp³-hybridized carbons (Fsp3) is 0.467. The molecule has 1 atom stereocenters. The summed E-state index contributed by atoms with van der Waals surface area (Å²) < 4.78 is 29.9. The van der Waals surface area contributed by atoms with Gasteiger partial charge in [0.2, 0.25) is 15.7 Å².